The van der Waals surface area contributed by atoms with Crippen LogP contribution in [0.25, 0.3) is 0 Å². The zero-order valence-corrected chi connectivity index (χ0v) is 8.79. The smallest absolute Gasteiger partial charge is 0.248 e. The Hall–Kier alpha value is -1.43. The molecule has 1 saturated carbocycles. The molecule has 1 aromatic rings. The third-order valence-electron chi connectivity index (χ3n) is 2.32. The predicted molar refractivity (Wildman–Crippen MR) is 54.9 cm³/mol. The van der Waals surface area contributed by atoms with Crippen LogP contribution in [0.15, 0.2) is 23.4 Å². The van der Waals surface area contributed by atoms with Crippen LogP contribution in [0.5, 0.6) is 0 Å². The van der Waals surface area contributed by atoms with E-state index in [2.05, 4.69) is 4.98 Å². The fourth-order valence-corrected chi connectivity index (χ4v) is 2.96. The van der Waals surface area contributed by atoms with Gasteiger partial charge in [0.05, 0.1) is 9.73 Å². The average molecular weight is 225 g/mol. The van der Waals surface area contributed by atoms with Gasteiger partial charge >= 0.3 is 0 Å². The number of aromatic nitrogens is 1. The quantitative estimate of drug-likeness (QED) is 0.794. The molecule has 0 spiro atoms. The van der Waals surface area contributed by atoms with Crippen LogP contribution in [0.4, 0.5) is 0 Å². The number of nitrogens with one attached hydrogen (secondary N) is 1. The van der Waals surface area contributed by atoms with Crippen LogP contribution in [0.3, 0.4) is 0 Å². The topological polar surface area (TPSA) is 96.9 Å². The fraction of sp³-hybridized carbons (Fsp3) is 0.333. The molecule has 6 heteroatoms. The van der Waals surface area contributed by atoms with E-state index in [1.165, 1.54) is 18.3 Å². The first-order valence-corrected chi connectivity index (χ1v) is 6.17. The van der Waals surface area contributed by atoms with Crippen LogP contribution >= 0.6 is 0 Å². The molecule has 5 nitrogen and oxygen atoms in total. The van der Waals surface area contributed by atoms with Crippen LogP contribution in [0, 0.1) is 4.78 Å². The Morgan fingerprint density at radius 2 is 2.27 bits per heavy atom. The summed E-state index contributed by atoms with van der Waals surface area (Å²) in [5.74, 6) is -0.593. The summed E-state index contributed by atoms with van der Waals surface area (Å²) in [6.45, 7) is 0. The highest BCUT2D eigenvalue weighted by atomic mass is 32.2. The molecule has 0 aliphatic heterocycles. The molecule has 0 radical (unpaired) electrons. The van der Waals surface area contributed by atoms with Gasteiger partial charge < -0.3 is 5.73 Å². The molecule has 0 bridgehead atoms. The maximum atomic E-state index is 12.0. The molecular formula is C9H11N3O2S. The van der Waals surface area contributed by atoms with Crippen molar-refractivity contribution < 1.29 is 9.00 Å². The zero-order chi connectivity index (χ0) is 11.1. The summed E-state index contributed by atoms with van der Waals surface area (Å²) in [6, 6.07) is 2.81. The standard InChI is InChI=1S/C9H11N3O2S/c10-9(13)6-3-4-12-8(5-6)15(11,14)7-1-2-7/h3-5,7,11H,1-2H2,(H2,10,13). The number of rotatable bonds is 3. The van der Waals surface area contributed by atoms with Crippen molar-refractivity contribution >= 4 is 15.6 Å². The van der Waals surface area contributed by atoms with Crippen molar-refractivity contribution in [2.24, 2.45) is 5.73 Å². The van der Waals surface area contributed by atoms with Crippen molar-refractivity contribution in [1.29, 1.82) is 4.78 Å². The molecule has 1 amide bonds. The van der Waals surface area contributed by atoms with E-state index in [0.29, 0.717) is 0 Å². The van der Waals surface area contributed by atoms with Gasteiger partial charge in [-0.1, -0.05) is 0 Å². The lowest BCUT2D eigenvalue weighted by Crippen LogP contribution is -2.13. The van der Waals surface area contributed by atoms with E-state index >= 15 is 0 Å². The summed E-state index contributed by atoms with van der Waals surface area (Å²) in [4.78, 5) is 14.8. The lowest BCUT2D eigenvalue weighted by Gasteiger charge is -2.05. The molecule has 1 fully saturated rings. The summed E-state index contributed by atoms with van der Waals surface area (Å²) in [5.41, 5.74) is 5.35. The zero-order valence-electron chi connectivity index (χ0n) is 7.97. The Labute approximate surface area is 87.7 Å². The van der Waals surface area contributed by atoms with Gasteiger partial charge in [-0.3, -0.25) is 4.79 Å². The van der Waals surface area contributed by atoms with Gasteiger partial charge in [0.25, 0.3) is 0 Å². The number of hydrogen-bond donors (Lipinski definition) is 2. The number of nitrogens with two attached hydrogens (primary N) is 1. The lowest BCUT2D eigenvalue weighted by molar-refractivity contribution is 0.1000. The second-order valence-corrected chi connectivity index (χ2v) is 5.83. The Balaban J connectivity index is 2.45. The maximum Gasteiger partial charge on any atom is 0.248 e. The van der Waals surface area contributed by atoms with Crippen molar-refractivity contribution in [3.8, 4) is 0 Å². The number of pyridine rings is 1. The third kappa shape index (κ3) is 1.85. The second kappa shape index (κ2) is 3.30. The molecule has 0 aromatic carbocycles. The predicted octanol–water partition coefficient (Wildman–Crippen LogP) is 0.749. The molecule has 1 aliphatic rings. The van der Waals surface area contributed by atoms with E-state index in [1.807, 2.05) is 0 Å². The Morgan fingerprint density at radius 1 is 1.60 bits per heavy atom. The highest BCUT2D eigenvalue weighted by Gasteiger charge is 2.34. The van der Waals surface area contributed by atoms with E-state index in [4.69, 9.17) is 10.5 Å². The molecule has 1 unspecified atom stereocenters. The molecule has 15 heavy (non-hydrogen) atoms. The second-order valence-electron chi connectivity index (χ2n) is 3.55. The molecule has 3 N–H and O–H groups in total. The van der Waals surface area contributed by atoms with E-state index in [0.717, 1.165) is 12.8 Å². The highest BCUT2D eigenvalue weighted by Crippen LogP contribution is 2.33. The summed E-state index contributed by atoms with van der Waals surface area (Å²) >= 11 is 0. The number of hydrogen-bond acceptors (Lipinski definition) is 4. The van der Waals surface area contributed by atoms with Crippen molar-refractivity contribution in [3.05, 3.63) is 23.9 Å². The number of carbonyl (C=O) groups is 1. The first-order chi connectivity index (χ1) is 7.01. The molecule has 2 rings (SSSR count). The van der Waals surface area contributed by atoms with E-state index in [9.17, 15) is 9.00 Å². The summed E-state index contributed by atoms with van der Waals surface area (Å²) in [5, 5.41) is 0.0643. The first kappa shape index (κ1) is 10.1. The van der Waals surface area contributed by atoms with Gasteiger partial charge in [0.1, 0.15) is 5.03 Å². The van der Waals surface area contributed by atoms with Crippen molar-refractivity contribution in [2.75, 3.05) is 0 Å². The molecule has 1 aromatic heterocycles. The number of primary amides is 1. The third-order valence-corrected chi connectivity index (χ3v) is 4.58. The van der Waals surface area contributed by atoms with Crippen LogP contribution in [0.2, 0.25) is 0 Å². The summed E-state index contributed by atoms with van der Waals surface area (Å²) in [7, 11) is -2.84. The maximum absolute atomic E-state index is 12.0. The van der Waals surface area contributed by atoms with Gasteiger partial charge in [0, 0.05) is 17.0 Å². The molecule has 1 heterocycles. The number of carbonyl (C=O) groups excluding carboxylic acids is 1. The SMILES string of the molecule is N=S(=O)(c1cc(C(N)=O)ccn1)C1CC1. The van der Waals surface area contributed by atoms with Gasteiger partial charge in [-0.2, -0.15) is 0 Å². The van der Waals surface area contributed by atoms with Crippen LogP contribution in [0.1, 0.15) is 23.2 Å². The van der Waals surface area contributed by atoms with Gasteiger partial charge in [-0.25, -0.2) is 14.0 Å². The van der Waals surface area contributed by atoms with Gasteiger partial charge in [-0.05, 0) is 25.0 Å². The van der Waals surface area contributed by atoms with Crippen LogP contribution in [-0.2, 0) is 9.73 Å². The largest absolute Gasteiger partial charge is 0.366 e. The van der Waals surface area contributed by atoms with Gasteiger partial charge in [-0.15, -0.1) is 0 Å². The number of amides is 1. The molecule has 80 valence electrons. The highest BCUT2D eigenvalue weighted by molar-refractivity contribution is 7.93. The monoisotopic (exact) mass is 225 g/mol. The first-order valence-electron chi connectivity index (χ1n) is 4.55. The van der Waals surface area contributed by atoms with Crippen molar-refractivity contribution in [1.82, 2.24) is 4.98 Å². The van der Waals surface area contributed by atoms with E-state index in [-0.39, 0.29) is 15.8 Å². The van der Waals surface area contributed by atoms with E-state index < -0.39 is 15.6 Å². The Bertz CT molecular complexity index is 506. The summed E-state index contributed by atoms with van der Waals surface area (Å²) < 4.78 is 19.7. The number of nitrogens with zero attached hydrogens (tertiary/aromatic N) is 1. The van der Waals surface area contributed by atoms with Gasteiger partial charge in [0.2, 0.25) is 5.91 Å². The fourth-order valence-electron chi connectivity index (χ4n) is 1.30. The van der Waals surface area contributed by atoms with Crippen LogP contribution in [-0.4, -0.2) is 20.3 Å². The Morgan fingerprint density at radius 3 is 2.80 bits per heavy atom. The molecular weight excluding hydrogens is 214 g/mol. The van der Waals surface area contributed by atoms with Crippen molar-refractivity contribution in [3.63, 3.8) is 0 Å². The molecule has 1 atom stereocenters. The molecule has 0 saturated heterocycles. The van der Waals surface area contributed by atoms with Crippen molar-refractivity contribution in [2.45, 2.75) is 23.1 Å². The summed E-state index contributed by atoms with van der Waals surface area (Å²) in [6.07, 6.45) is 2.96. The average Bonchev–Trinajstić information content (AvgIpc) is 3.01. The normalized spacial score (nSPS) is 19.5. The lowest BCUT2D eigenvalue weighted by atomic mass is 10.3. The van der Waals surface area contributed by atoms with E-state index in [1.54, 1.807) is 0 Å². The Kier molecular flexibility index (Phi) is 2.22. The van der Waals surface area contributed by atoms with Crippen LogP contribution < -0.4 is 5.73 Å². The minimum Gasteiger partial charge on any atom is -0.366 e. The minimum absolute atomic E-state index is 0.104. The molecule has 1 aliphatic carbocycles. The van der Waals surface area contributed by atoms with Gasteiger partial charge in [0.15, 0.2) is 0 Å². The minimum atomic E-state index is -2.84.